The van der Waals surface area contributed by atoms with E-state index in [1.54, 1.807) is 23.1 Å². The number of thiophene rings is 1. The van der Waals surface area contributed by atoms with E-state index in [1.165, 1.54) is 17.0 Å². The number of nitrogens with zero attached hydrogens (tertiary/aromatic N) is 3. The molecule has 26 heavy (non-hydrogen) atoms. The lowest BCUT2D eigenvalue weighted by Gasteiger charge is -2.14. The van der Waals surface area contributed by atoms with E-state index in [9.17, 15) is 4.39 Å². The molecule has 3 aromatic rings. The van der Waals surface area contributed by atoms with E-state index in [0.29, 0.717) is 0 Å². The second-order valence-corrected chi connectivity index (χ2v) is 8.47. The minimum absolute atomic E-state index is 0.213. The molecule has 1 fully saturated rings. The summed E-state index contributed by atoms with van der Waals surface area (Å²) in [5.74, 6) is 1.41. The fraction of sp³-hybridized carbons (Fsp3) is 0.368. The number of hydrogen-bond donors (Lipinski definition) is 0. The second kappa shape index (κ2) is 7.90. The van der Waals surface area contributed by atoms with Crippen molar-refractivity contribution in [2.24, 2.45) is 0 Å². The average molecular weight is 390 g/mol. The van der Waals surface area contributed by atoms with Gasteiger partial charge >= 0.3 is 0 Å². The minimum atomic E-state index is -0.213. The van der Waals surface area contributed by atoms with Crippen LogP contribution in [-0.4, -0.2) is 27.5 Å². The molecule has 7 heteroatoms. The number of thioether (sulfide) groups is 1. The quantitative estimate of drug-likeness (QED) is 0.561. The SMILES string of the molecule is Cc1cc(-c2nnc(SCc3ccc(F)cc3)n2C[C@H]2CCCO2)cs1. The highest BCUT2D eigenvalue weighted by atomic mass is 32.2. The van der Waals surface area contributed by atoms with Crippen LogP contribution in [0.25, 0.3) is 11.4 Å². The Kier molecular flexibility index (Phi) is 5.38. The molecular weight excluding hydrogens is 369 g/mol. The Bertz CT molecular complexity index is 869. The molecule has 0 bridgehead atoms. The molecule has 3 heterocycles. The van der Waals surface area contributed by atoms with Crippen molar-refractivity contribution in [1.29, 1.82) is 0 Å². The maximum absolute atomic E-state index is 13.1. The molecule has 0 amide bonds. The van der Waals surface area contributed by atoms with E-state index in [4.69, 9.17) is 4.74 Å². The summed E-state index contributed by atoms with van der Waals surface area (Å²) >= 11 is 3.34. The molecule has 0 N–H and O–H groups in total. The van der Waals surface area contributed by atoms with Crippen molar-refractivity contribution in [1.82, 2.24) is 14.8 Å². The van der Waals surface area contributed by atoms with Gasteiger partial charge < -0.3 is 4.74 Å². The largest absolute Gasteiger partial charge is 0.376 e. The summed E-state index contributed by atoms with van der Waals surface area (Å²) in [5, 5.41) is 11.9. The Morgan fingerprint density at radius 2 is 2.15 bits per heavy atom. The predicted molar refractivity (Wildman–Crippen MR) is 103 cm³/mol. The van der Waals surface area contributed by atoms with E-state index in [2.05, 4.69) is 33.1 Å². The van der Waals surface area contributed by atoms with Gasteiger partial charge in [0.25, 0.3) is 0 Å². The molecule has 0 unspecified atom stereocenters. The summed E-state index contributed by atoms with van der Waals surface area (Å²) in [6, 6.07) is 8.76. The number of aryl methyl sites for hydroxylation is 1. The van der Waals surface area contributed by atoms with E-state index < -0.39 is 0 Å². The molecule has 0 spiro atoms. The van der Waals surface area contributed by atoms with Crippen LogP contribution in [0.5, 0.6) is 0 Å². The Labute approximate surface area is 160 Å². The molecule has 1 aromatic carbocycles. The van der Waals surface area contributed by atoms with E-state index in [0.717, 1.165) is 53.9 Å². The number of benzene rings is 1. The third kappa shape index (κ3) is 4.00. The summed E-state index contributed by atoms with van der Waals surface area (Å²) in [6.45, 7) is 3.69. The first-order valence-electron chi connectivity index (χ1n) is 8.66. The van der Waals surface area contributed by atoms with Crippen molar-refractivity contribution in [3.63, 3.8) is 0 Å². The van der Waals surface area contributed by atoms with Crippen LogP contribution in [0.3, 0.4) is 0 Å². The maximum atomic E-state index is 13.1. The summed E-state index contributed by atoms with van der Waals surface area (Å²) in [4.78, 5) is 1.26. The summed E-state index contributed by atoms with van der Waals surface area (Å²) in [7, 11) is 0. The van der Waals surface area contributed by atoms with Crippen LogP contribution < -0.4 is 0 Å². The molecule has 1 atom stereocenters. The molecular formula is C19H20FN3OS2. The smallest absolute Gasteiger partial charge is 0.191 e. The van der Waals surface area contributed by atoms with Crippen LogP contribution in [0.1, 0.15) is 23.3 Å². The van der Waals surface area contributed by atoms with Crippen molar-refractivity contribution in [2.75, 3.05) is 6.61 Å². The minimum Gasteiger partial charge on any atom is -0.376 e. The third-order valence-electron chi connectivity index (χ3n) is 4.40. The van der Waals surface area contributed by atoms with Crippen molar-refractivity contribution in [3.8, 4) is 11.4 Å². The Balaban J connectivity index is 1.58. The van der Waals surface area contributed by atoms with Crippen LogP contribution in [-0.2, 0) is 17.0 Å². The van der Waals surface area contributed by atoms with Crippen molar-refractivity contribution >= 4 is 23.1 Å². The van der Waals surface area contributed by atoms with Crippen LogP contribution in [0, 0.1) is 12.7 Å². The van der Waals surface area contributed by atoms with Crippen molar-refractivity contribution in [3.05, 3.63) is 52.0 Å². The fourth-order valence-corrected chi connectivity index (χ4v) is 4.64. The lowest BCUT2D eigenvalue weighted by Crippen LogP contribution is -2.16. The number of rotatable bonds is 6. The van der Waals surface area contributed by atoms with Gasteiger partial charge in [-0.3, -0.25) is 4.57 Å². The first-order valence-corrected chi connectivity index (χ1v) is 10.5. The Hall–Kier alpha value is -1.70. The number of halogens is 1. The first-order chi connectivity index (χ1) is 12.7. The van der Waals surface area contributed by atoms with Gasteiger partial charge in [-0.05, 0) is 43.5 Å². The number of ether oxygens (including phenoxy) is 1. The van der Waals surface area contributed by atoms with Gasteiger partial charge in [0.15, 0.2) is 11.0 Å². The Morgan fingerprint density at radius 1 is 1.31 bits per heavy atom. The standard InChI is InChI=1S/C19H20FN3OS2/c1-13-9-15(12-25-13)18-21-22-19(23(18)10-17-3-2-8-24-17)26-11-14-4-6-16(20)7-5-14/h4-7,9,12,17H,2-3,8,10-11H2,1H3/t17-/m1/s1. The van der Waals surface area contributed by atoms with Gasteiger partial charge in [-0.1, -0.05) is 23.9 Å². The first kappa shape index (κ1) is 17.7. The third-order valence-corrected chi connectivity index (χ3v) is 6.30. The lowest BCUT2D eigenvalue weighted by atomic mass is 10.2. The maximum Gasteiger partial charge on any atom is 0.191 e. The normalized spacial score (nSPS) is 17.1. The molecule has 2 aromatic heterocycles. The van der Waals surface area contributed by atoms with Crippen molar-refractivity contribution in [2.45, 2.75) is 43.3 Å². The monoisotopic (exact) mass is 389 g/mol. The van der Waals surface area contributed by atoms with Gasteiger partial charge in [-0.15, -0.1) is 21.5 Å². The highest BCUT2D eigenvalue weighted by Gasteiger charge is 2.22. The second-order valence-electron chi connectivity index (χ2n) is 6.41. The van der Waals surface area contributed by atoms with Gasteiger partial charge in [0.1, 0.15) is 5.82 Å². The van der Waals surface area contributed by atoms with Gasteiger partial charge in [0.05, 0.1) is 12.6 Å². The molecule has 0 radical (unpaired) electrons. The number of hydrogen-bond acceptors (Lipinski definition) is 5. The zero-order valence-corrected chi connectivity index (χ0v) is 16.2. The van der Waals surface area contributed by atoms with Gasteiger partial charge in [0.2, 0.25) is 0 Å². The molecule has 0 saturated carbocycles. The van der Waals surface area contributed by atoms with Gasteiger partial charge in [-0.2, -0.15) is 0 Å². The zero-order chi connectivity index (χ0) is 17.9. The molecule has 136 valence electrons. The molecule has 1 aliphatic heterocycles. The number of aromatic nitrogens is 3. The van der Waals surface area contributed by atoms with E-state index >= 15 is 0 Å². The fourth-order valence-electron chi connectivity index (χ4n) is 3.05. The van der Waals surface area contributed by atoms with Crippen molar-refractivity contribution < 1.29 is 9.13 Å². The zero-order valence-electron chi connectivity index (χ0n) is 14.5. The Morgan fingerprint density at radius 3 is 2.85 bits per heavy atom. The van der Waals surface area contributed by atoms with Crippen LogP contribution in [0.4, 0.5) is 4.39 Å². The molecule has 1 saturated heterocycles. The summed E-state index contributed by atoms with van der Waals surface area (Å²) in [6.07, 6.45) is 2.40. The topological polar surface area (TPSA) is 39.9 Å². The van der Waals surface area contributed by atoms with Crippen LogP contribution in [0.2, 0.25) is 0 Å². The predicted octanol–water partition coefficient (Wildman–Crippen LogP) is 4.93. The summed E-state index contributed by atoms with van der Waals surface area (Å²) in [5.41, 5.74) is 2.17. The van der Waals surface area contributed by atoms with Crippen LogP contribution in [0.15, 0.2) is 40.9 Å². The van der Waals surface area contributed by atoms with Gasteiger partial charge in [0, 0.05) is 28.2 Å². The summed E-state index contributed by atoms with van der Waals surface area (Å²) < 4.78 is 21.1. The van der Waals surface area contributed by atoms with E-state index in [1.807, 2.05) is 12.1 Å². The molecule has 1 aliphatic rings. The molecule has 0 aliphatic carbocycles. The van der Waals surface area contributed by atoms with Gasteiger partial charge in [-0.25, -0.2) is 4.39 Å². The lowest BCUT2D eigenvalue weighted by molar-refractivity contribution is 0.0953. The highest BCUT2D eigenvalue weighted by molar-refractivity contribution is 7.98. The van der Waals surface area contributed by atoms with E-state index in [-0.39, 0.29) is 11.9 Å². The van der Waals surface area contributed by atoms with Crippen LogP contribution >= 0.6 is 23.1 Å². The molecule has 4 nitrogen and oxygen atoms in total. The average Bonchev–Trinajstić information content (AvgIpc) is 3.37. The molecule has 4 rings (SSSR count). The highest BCUT2D eigenvalue weighted by Crippen LogP contribution is 2.30.